The van der Waals surface area contributed by atoms with Gasteiger partial charge in [-0.2, -0.15) is 0 Å². The maximum absolute atomic E-state index is 5.54. The Kier molecular flexibility index (Phi) is 3.31. The van der Waals surface area contributed by atoms with Crippen LogP contribution in [0.25, 0.3) is 0 Å². The van der Waals surface area contributed by atoms with Gasteiger partial charge in [0.25, 0.3) is 0 Å². The van der Waals surface area contributed by atoms with Crippen molar-refractivity contribution in [2.75, 3.05) is 33.0 Å². The van der Waals surface area contributed by atoms with Crippen LogP contribution in [-0.4, -0.2) is 37.9 Å². The first kappa shape index (κ1) is 13.4. The highest BCUT2D eigenvalue weighted by Gasteiger charge is 2.35. The summed E-state index contributed by atoms with van der Waals surface area (Å²) in [5, 5.41) is 3.51. The highest BCUT2D eigenvalue weighted by molar-refractivity contribution is 5.45. The van der Waals surface area contributed by atoms with Crippen LogP contribution in [0.3, 0.4) is 0 Å². The fourth-order valence-electron chi connectivity index (χ4n) is 4.01. The number of ether oxygens (including phenoxy) is 2. The van der Waals surface area contributed by atoms with E-state index in [0.717, 1.165) is 18.0 Å². The summed E-state index contributed by atoms with van der Waals surface area (Å²) < 4.78 is 11.0. The van der Waals surface area contributed by atoms with Crippen molar-refractivity contribution in [1.29, 1.82) is 0 Å². The molecule has 21 heavy (non-hydrogen) atoms. The Hall–Kier alpha value is -1.26. The average molecular weight is 288 g/mol. The maximum Gasteiger partial charge on any atom is 0.231 e. The molecule has 2 saturated heterocycles. The van der Waals surface area contributed by atoms with E-state index in [2.05, 4.69) is 35.3 Å². The van der Waals surface area contributed by atoms with Crippen LogP contribution in [0.5, 0.6) is 11.5 Å². The third kappa shape index (κ3) is 2.51. The molecule has 2 fully saturated rings. The van der Waals surface area contributed by atoms with Crippen molar-refractivity contribution in [2.24, 2.45) is 5.41 Å². The second kappa shape index (κ2) is 5.18. The van der Waals surface area contributed by atoms with E-state index < -0.39 is 0 Å². The Labute approximate surface area is 126 Å². The zero-order valence-electron chi connectivity index (χ0n) is 12.7. The predicted molar refractivity (Wildman–Crippen MR) is 81.7 cm³/mol. The lowest BCUT2D eigenvalue weighted by atomic mass is 9.88. The second-order valence-electron chi connectivity index (χ2n) is 6.98. The van der Waals surface area contributed by atoms with Crippen LogP contribution in [-0.2, 0) is 0 Å². The lowest BCUT2D eigenvalue weighted by molar-refractivity contribution is 0.164. The fourth-order valence-corrected chi connectivity index (χ4v) is 4.01. The second-order valence-corrected chi connectivity index (χ2v) is 6.98. The van der Waals surface area contributed by atoms with E-state index >= 15 is 0 Å². The smallest absolute Gasteiger partial charge is 0.231 e. The van der Waals surface area contributed by atoms with E-state index in [-0.39, 0.29) is 0 Å². The summed E-state index contributed by atoms with van der Waals surface area (Å²) in [5.74, 6) is 1.79. The molecule has 1 aromatic carbocycles. The van der Waals surface area contributed by atoms with E-state index in [1.165, 1.54) is 44.5 Å². The molecule has 0 aliphatic carbocycles. The first-order valence-electron chi connectivity index (χ1n) is 8.08. The Morgan fingerprint density at radius 1 is 1.33 bits per heavy atom. The van der Waals surface area contributed by atoms with E-state index in [0.29, 0.717) is 18.2 Å². The molecule has 114 valence electrons. The molecular formula is C17H24N2O2. The lowest BCUT2D eigenvalue weighted by Gasteiger charge is -2.33. The third-order valence-electron chi connectivity index (χ3n) is 5.19. The van der Waals surface area contributed by atoms with E-state index in [1.54, 1.807) is 0 Å². The van der Waals surface area contributed by atoms with Gasteiger partial charge in [0.2, 0.25) is 6.79 Å². The van der Waals surface area contributed by atoms with Gasteiger partial charge in [0.15, 0.2) is 11.5 Å². The molecule has 4 rings (SSSR count). The highest BCUT2D eigenvalue weighted by Crippen LogP contribution is 2.40. The number of benzene rings is 1. The molecule has 4 nitrogen and oxygen atoms in total. The van der Waals surface area contributed by atoms with Gasteiger partial charge >= 0.3 is 0 Å². The van der Waals surface area contributed by atoms with Crippen molar-refractivity contribution in [3.63, 3.8) is 0 Å². The third-order valence-corrected chi connectivity index (χ3v) is 5.19. The van der Waals surface area contributed by atoms with Gasteiger partial charge in [-0.25, -0.2) is 0 Å². The molecule has 1 aromatic rings. The molecule has 3 heterocycles. The Balaban J connectivity index is 1.53. The van der Waals surface area contributed by atoms with Crippen molar-refractivity contribution in [3.05, 3.63) is 23.8 Å². The van der Waals surface area contributed by atoms with Crippen molar-refractivity contribution < 1.29 is 9.47 Å². The fraction of sp³-hybridized carbons (Fsp3) is 0.647. The van der Waals surface area contributed by atoms with Gasteiger partial charge in [0.1, 0.15) is 0 Å². The minimum absolute atomic E-state index is 0.358. The molecule has 0 aromatic heterocycles. The van der Waals surface area contributed by atoms with Gasteiger partial charge in [0, 0.05) is 19.1 Å². The molecule has 1 N–H and O–H groups in total. The van der Waals surface area contributed by atoms with Gasteiger partial charge < -0.3 is 14.8 Å². The largest absolute Gasteiger partial charge is 0.454 e. The maximum atomic E-state index is 5.54. The molecule has 2 atom stereocenters. The monoisotopic (exact) mass is 288 g/mol. The molecule has 0 radical (unpaired) electrons. The van der Waals surface area contributed by atoms with Crippen LogP contribution in [0.4, 0.5) is 0 Å². The molecule has 4 heteroatoms. The van der Waals surface area contributed by atoms with Gasteiger partial charge in [-0.1, -0.05) is 13.0 Å². The standard InChI is InChI=1S/C17H24N2O2/c1-17(6-7-18-10-17)11-19-8-2-3-14(19)13-4-5-15-16(9-13)21-12-20-15/h4-5,9,14,18H,2-3,6-8,10-12H2,1H3. The van der Waals surface area contributed by atoms with Crippen LogP contribution < -0.4 is 14.8 Å². The van der Waals surface area contributed by atoms with Gasteiger partial charge in [-0.3, -0.25) is 4.90 Å². The Morgan fingerprint density at radius 3 is 3.10 bits per heavy atom. The van der Waals surface area contributed by atoms with Crippen LogP contribution in [0.2, 0.25) is 0 Å². The number of nitrogens with zero attached hydrogens (tertiary/aromatic N) is 1. The number of nitrogens with one attached hydrogen (secondary N) is 1. The summed E-state index contributed by atoms with van der Waals surface area (Å²) >= 11 is 0. The van der Waals surface area contributed by atoms with Crippen LogP contribution in [0, 0.1) is 5.41 Å². The number of hydrogen-bond acceptors (Lipinski definition) is 4. The van der Waals surface area contributed by atoms with Crippen molar-refractivity contribution in [1.82, 2.24) is 10.2 Å². The zero-order chi connectivity index (χ0) is 14.3. The first-order chi connectivity index (χ1) is 10.2. The average Bonchev–Trinajstić information content (AvgIpc) is 3.18. The van der Waals surface area contributed by atoms with Crippen LogP contribution >= 0.6 is 0 Å². The lowest BCUT2D eigenvalue weighted by Crippen LogP contribution is -2.37. The SMILES string of the molecule is CC1(CN2CCCC2c2ccc3c(c2)OCO3)CCNC1. The van der Waals surface area contributed by atoms with E-state index in [4.69, 9.17) is 9.47 Å². The summed E-state index contributed by atoms with van der Waals surface area (Å²) in [5.41, 5.74) is 1.81. The highest BCUT2D eigenvalue weighted by atomic mass is 16.7. The number of hydrogen-bond donors (Lipinski definition) is 1. The molecule has 0 spiro atoms. The molecular weight excluding hydrogens is 264 g/mol. The molecule has 3 aliphatic rings. The normalized spacial score (nSPS) is 32.0. The van der Waals surface area contributed by atoms with Crippen molar-refractivity contribution >= 4 is 0 Å². The molecule has 0 amide bonds. The van der Waals surface area contributed by atoms with Gasteiger partial charge in [0.05, 0.1) is 0 Å². The first-order valence-corrected chi connectivity index (χ1v) is 8.08. The minimum Gasteiger partial charge on any atom is -0.454 e. The Bertz CT molecular complexity index is 526. The number of rotatable bonds is 3. The Morgan fingerprint density at radius 2 is 2.24 bits per heavy atom. The quantitative estimate of drug-likeness (QED) is 0.927. The molecule has 0 bridgehead atoms. The molecule has 2 unspecified atom stereocenters. The van der Waals surface area contributed by atoms with Crippen molar-refractivity contribution in [3.8, 4) is 11.5 Å². The minimum atomic E-state index is 0.358. The zero-order valence-corrected chi connectivity index (χ0v) is 12.7. The summed E-state index contributed by atoms with van der Waals surface area (Å²) in [7, 11) is 0. The van der Waals surface area contributed by atoms with Crippen molar-refractivity contribution in [2.45, 2.75) is 32.2 Å². The molecule has 3 aliphatic heterocycles. The summed E-state index contributed by atoms with van der Waals surface area (Å²) in [6.45, 7) is 7.50. The number of likely N-dealkylation sites (tertiary alicyclic amines) is 1. The van der Waals surface area contributed by atoms with Crippen LogP contribution in [0.15, 0.2) is 18.2 Å². The van der Waals surface area contributed by atoms with Gasteiger partial charge in [-0.15, -0.1) is 0 Å². The van der Waals surface area contributed by atoms with Crippen LogP contribution in [0.1, 0.15) is 37.8 Å². The van der Waals surface area contributed by atoms with E-state index in [1.807, 2.05) is 0 Å². The topological polar surface area (TPSA) is 33.7 Å². The number of fused-ring (bicyclic) bond motifs is 1. The summed E-state index contributed by atoms with van der Waals surface area (Å²) in [6.07, 6.45) is 3.84. The predicted octanol–water partition coefficient (Wildman–Crippen LogP) is 2.55. The van der Waals surface area contributed by atoms with Gasteiger partial charge in [-0.05, 0) is 55.5 Å². The summed E-state index contributed by atoms with van der Waals surface area (Å²) in [4.78, 5) is 2.67. The summed E-state index contributed by atoms with van der Waals surface area (Å²) in [6, 6.07) is 7.00. The molecule has 0 saturated carbocycles. The van der Waals surface area contributed by atoms with E-state index in [9.17, 15) is 0 Å².